The zero-order valence-corrected chi connectivity index (χ0v) is 11.5. The lowest BCUT2D eigenvalue weighted by Crippen LogP contribution is -2.17. The van der Waals surface area contributed by atoms with Crippen molar-refractivity contribution >= 4 is 5.69 Å². The molecule has 2 nitrogen and oxygen atoms in total. The van der Waals surface area contributed by atoms with Gasteiger partial charge in [0.05, 0.1) is 0 Å². The molecule has 0 atom stereocenters. The van der Waals surface area contributed by atoms with E-state index in [1.54, 1.807) is 12.1 Å². The summed E-state index contributed by atoms with van der Waals surface area (Å²) in [5.74, 6) is -0.210. The maximum atomic E-state index is 12.1. The lowest BCUT2D eigenvalue weighted by molar-refractivity contribution is -0.274. The largest absolute Gasteiger partial charge is 0.573 e. The SMILES string of the molecule is [CH2]CCC/C=C/N(CC)c1ccc(OC(F)(F)F)cc1. The number of halogens is 3. The number of unbranched alkanes of at least 4 members (excludes halogenated alkanes) is 2. The average Bonchev–Trinajstić information content (AvgIpc) is 2.38. The van der Waals surface area contributed by atoms with Crippen LogP contribution < -0.4 is 9.64 Å². The summed E-state index contributed by atoms with van der Waals surface area (Å²) < 4.78 is 40.0. The van der Waals surface area contributed by atoms with Gasteiger partial charge in [-0.3, -0.25) is 0 Å². The number of rotatable bonds is 7. The monoisotopic (exact) mass is 286 g/mol. The first-order valence-electron chi connectivity index (χ1n) is 6.54. The van der Waals surface area contributed by atoms with Crippen molar-refractivity contribution in [2.75, 3.05) is 11.4 Å². The van der Waals surface area contributed by atoms with E-state index in [2.05, 4.69) is 11.7 Å². The van der Waals surface area contributed by atoms with Crippen molar-refractivity contribution in [3.8, 4) is 5.75 Å². The third-order valence-electron chi connectivity index (χ3n) is 2.65. The molecule has 0 N–H and O–H groups in total. The maximum absolute atomic E-state index is 12.1. The Balaban J connectivity index is 2.67. The van der Waals surface area contributed by atoms with Crippen LogP contribution in [-0.2, 0) is 0 Å². The van der Waals surface area contributed by atoms with Crippen LogP contribution >= 0.6 is 0 Å². The van der Waals surface area contributed by atoms with Gasteiger partial charge < -0.3 is 9.64 Å². The molecule has 1 rings (SSSR count). The number of ether oxygens (including phenoxy) is 1. The summed E-state index contributed by atoms with van der Waals surface area (Å²) in [6.07, 6.45) is 2.17. The van der Waals surface area contributed by atoms with Crippen LogP contribution in [0, 0.1) is 6.92 Å². The number of allylic oxidation sites excluding steroid dienone is 1. The Kier molecular flexibility index (Phi) is 6.42. The van der Waals surface area contributed by atoms with Gasteiger partial charge in [0, 0.05) is 18.4 Å². The average molecular weight is 286 g/mol. The van der Waals surface area contributed by atoms with Gasteiger partial charge >= 0.3 is 6.36 Å². The highest BCUT2D eigenvalue weighted by Crippen LogP contribution is 2.25. The molecule has 1 radical (unpaired) electrons. The summed E-state index contributed by atoms with van der Waals surface area (Å²) in [6.45, 7) is 6.48. The summed E-state index contributed by atoms with van der Waals surface area (Å²) in [4.78, 5) is 1.96. The van der Waals surface area contributed by atoms with Crippen molar-refractivity contribution < 1.29 is 17.9 Å². The third kappa shape index (κ3) is 5.99. The smallest absolute Gasteiger partial charge is 0.406 e. The molecule has 1 aromatic rings. The third-order valence-corrected chi connectivity index (χ3v) is 2.65. The minimum atomic E-state index is -4.65. The van der Waals surface area contributed by atoms with E-state index < -0.39 is 6.36 Å². The van der Waals surface area contributed by atoms with Crippen LogP contribution in [0.25, 0.3) is 0 Å². The summed E-state index contributed by atoms with van der Waals surface area (Å²) in [7, 11) is 0. The lowest BCUT2D eigenvalue weighted by atomic mass is 10.2. The molecule has 111 valence electrons. The van der Waals surface area contributed by atoms with Gasteiger partial charge in [0.1, 0.15) is 5.75 Å². The predicted octanol–water partition coefficient (Wildman–Crippen LogP) is 4.93. The topological polar surface area (TPSA) is 12.5 Å². The van der Waals surface area contributed by atoms with Crippen molar-refractivity contribution in [1.29, 1.82) is 0 Å². The van der Waals surface area contributed by atoms with Gasteiger partial charge in [0.2, 0.25) is 0 Å². The molecular formula is C15H19F3NO. The van der Waals surface area contributed by atoms with E-state index in [0.717, 1.165) is 31.5 Å². The summed E-state index contributed by atoms with van der Waals surface area (Å²) in [6, 6.07) is 5.84. The van der Waals surface area contributed by atoms with Gasteiger partial charge in [-0.15, -0.1) is 13.2 Å². The summed E-state index contributed by atoms with van der Waals surface area (Å²) in [5, 5.41) is 0. The van der Waals surface area contributed by atoms with E-state index in [9.17, 15) is 13.2 Å². The van der Waals surface area contributed by atoms with Crippen molar-refractivity contribution in [2.45, 2.75) is 32.5 Å². The fourth-order valence-electron chi connectivity index (χ4n) is 1.68. The van der Waals surface area contributed by atoms with Gasteiger partial charge in [-0.05, 0) is 44.0 Å². The van der Waals surface area contributed by atoms with Gasteiger partial charge in [-0.25, -0.2) is 0 Å². The lowest BCUT2D eigenvalue weighted by Gasteiger charge is -2.19. The molecule has 0 aliphatic carbocycles. The second-order valence-electron chi connectivity index (χ2n) is 4.21. The maximum Gasteiger partial charge on any atom is 0.573 e. The van der Waals surface area contributed by atoms with Crippen LogP contribution in [-0.4, -0.2) is 12.9 Å². The van der Waals surface area contributed by atoms with Crippen LogP contribution in [0.2, 0.25) is 0 Å². The molecular weight excluding hydrogens is 267 g/mol. The molecule has 1 aromatic carbocycles. The Hall–Kier alpha value is -1.65. The molecule has 0 saturated carbocycles. The number of hydrogen-bond donors (Lipinski definition) is 0. The molecule has 0 saturated heterocycles. The molecule has 0 aromatic heterocycles. The highest BCUT2D eigenvalue weighted by Gasteiger charge is 2.30. The van der Waals surface area contributed by atoms with E-state index in [0.29, 0.717) is 0 Å². The van der Waals surface area contributed by atoms with Gasteiger partial charge in [0.25, 0.3) is 0 Å². The molecule has 0 fully saturated rings. The first kappa shape index (κ1) is 16.4. The van der Waals surface area contributed by atoms with E-state index in [4.69, 9.17) is 0 Å². The summed E-state index contributed by atoms with van der Waals surface area (Å²) in [5.41, 5.74) is 0.827. The van der Waals surface area contributed by atoms with Gasteiger partial charge in [0.15, 0.2) is 0 Å². The van der Waals surface area contributed by atoms with Crippen LogP contribution in [0.3, 0.4) is 0 Å². The van der Waals surface area contributed by atoms with Crippen LogP contribution in [0.5, 0.6) is 5.75 Å². The van der Waals surface area contributed by atoms with Crippen LogP contribution in [0.15, 0.2) is 36.5 Å². The zero-order chi connectivity index (χ0) is 15.0. The normalized spacial score (nSPS) is 11.8. The van der Waals surface area contributed by atoms with Crippen LogP contribution in [0.1, 0.15) is 26.2 Å². The second-order valence-corrected chi connectivity index (χ2v) is 4.21. The number of nitrogens with zero attached hydrogens (tertiary/aromatic N) is 1. The number of anilines is 1. The first-order valence-corrected chi connectivity index (χ1v) is 6.54. The van der Waals surface area contributed by atoms with Gasteiger partial charge in [-0.2, -0.15) is 0 Å². The van der Waals surface area contributed by atoms with E-state index in [1.165, 1.54) is 12.1 Å². The molecule has 5 heteroatoms. The molecule has 20 heavy (non-hydrogen) atoms. The minimum Gasteiger partial charge on any atom is -0.406 e. The Bertz CT molecular complexity index is 412. The fraction of sp³-hybridized carbons (Fsp3) is 0.400. The number of benzene rings is 1. The molecule has 0 amide bonds. The Morgan fingerprint density at radius 2 is 1.90 bits per heavy atom. The first-order chi connectivity index (χ1) is 9.46. The van der Waals surface area contributed by atoms with Crippen molar-refractivity contribution in [1.82, 2.24) is 0 Å². The Morgan fingerprint density at radius 3 is 2.40 bits per heavy atom. The zero-order valence-electron chi connectivity index (χ0n) is 11.5. The predicted molar refractivity (Wildman–Crippen MR) is 74.5 cm³/mol. The highest BCUT2D eigenvalue weighted by molar-refractivity contribution is 5.51. The fourth-order valence-corrected chi connectivity index (χ4v) is 1.68. The number of hydrogen-bond acceptors (Lipinski definition) is 2. The van der Waals surface area contributed by atoms with E-state index >= 15 is 0 Å². The standard InChI is InChI=1S/C15H19F3NO/c1-3-5-6-7-12-19(4-2)13-8-10-14(11-9-13)20-15(16,17)18/h7-12H,1,3-6H2,2H3/b12-7+. The van der Waals surface area contributed by atoms with E-state index in [1.807, 2.05) is 24.1 Å². The molecule has 0 unspecified atom stereocenters. The molecule has 0 bridgehead atoms. The summed E-state index contributed by atoms with van der Waals surface area (Å²) >= 11 is 0. The molecule has 0 spiro atoms. The Morgan fingerprint density at radius 1 is 1.25 bits per heavy atom. The Labute approximate surface area is 117 Å². The second kappa shape index (κ2) is 7.82. The van der Waals surface area contributed by atoms with Gasteiger partial charge in [-0.1, -0.05) is 19.4 Å². The molecule has 0 aliphatic heterocycles. The van der Waals surface area contributed by atoms with E-state index in [-0.39, 0.29) is 5.75 Å². The van der Waals surface area contributed by atoms with Crippen LogP contribution in [0.4, 0.5) is 18.9 Å². The minimum absolute atomic E-state index is 0.210. The molecule has 0 aliphatic rings. The van der Waals surface area contributed by atoms with Crippen molar-refractivity contribution in [3.05, 3.63) is 43.5 Å². The molecule has 0 heterocycles. The number of alkyl halides is 3. The van der Waals surface area contributed by atoms with Crippen molar-refractivity contribution in [2.24, 2.45) is 0 Å². The quantitative estimate of drug-likeness (QED) is 0.659. The van der Waals surface area contributed by atoms with Crippen molar-refractivity contribution in [3.63, 3.8) is 0 Å². The highest BCUT2D eigenvalue weighted by atomic mass is 19.4.